The van der Waals surface area contributed by atoms with Crippen molar-refractivity contribution in [1.29, 1.82) is 0 Å². The Morgan fingerprint density at radius 1 is 0.167 bits per heavy atom. The molecule has 1 aliphatic heterocycles. The van der Waals surface area contributed by atoms with Gasteiger partial charge in [-0.3, -0.25) is 0 Å². The summed E-state index contributed by atoms with van der Waals surface area (Å²) < 4.78 is 587. The van der Waals surface area contributed by atoms with Crippen LogP contribution in [0.3, 0.4) is 0 Å². The van der Waals surface area contributed by atoms with Crippen molar-refractivity contribution in [1.82, 2.24) is 0 Å². The molecular weight excluding hydrogens is 1250 g/mol. The second kappa shape index (κ2) is 17.8. The van der Waals surface area contributed by atoms with Crippen LogP contribution in [0.4, 0.5) is 184 Å². The third-order valence-corrected chi connectivity index (χ3v) is 14.6. The van der Waals surface area contributed by atoms with Crippen LogP contribution in [0.5, 0.6) is 0 Å². The Bertz CT molecular complexity index is 1770. The van der Waals surface area contributed by atoms with Crippen LogP contribution in [0.1, 0.15) is 0 Å². The van der Waals surface area contributed by atoms with E-state index in [0.717, 1.165) is 0 Å². The molecule has 0 saturated heterocycles. The van der Waals surface area contributed by atoms with Crippen LogP contribution in [0, 0.1) is 0 Å². The van der Waals surface area contributed by atoms with E-state index in [1.807, 2.05) is 0 Å². The fraction of sp³-hybridized carbons (Fsp3) is 1.00. The van der Waals surface area contributed by atoms with Gasteiger partial charge in [-0.15, -0.1) is 13.5 Å². The summed E-state index contributed by atoms with van der Waals surface area (Å²) in [5.41, 5.74) is 0. The molecule has 1 heterocycles. The third kappa shape index (κ3) is 11.7. The highest BCUT2D eigenvalue weighted by atomic mass is 31.3. The van der Waals surface area contributed by atoms with Crippen molar-refractivity contribution < 1.29 is 212 Å². The molecule has 1 rings (SSSR count). The normalized spacial score (nSPS) is 19.4. The molecule has 54 heteroatoms. The lowest BCUT2D eigenvalue weighted by molar-refractivity contribution is -0.416. The number of nitrogens with zero attached hydrogens (tertiary/aromatic N) is 3. The Morgan fingerprint density at radius 2 is 0.250 bits per heavy atom. The molecule has 0 amide bonds. The number of hydrogen-bond acceptors (Lipinski definition) is 9. The lowest BCUT2D eigenvalue weighted by atomic mass is 10.3. The predicted molar refractivity (Wildman–Crippen MR) is 130 cm³/mol. The largest absolute Gasteiger partial charge is 0.462 e. The molecule has 0 aromatic carbocycles. The standard InChI is InChI=1S/C18F42N3O6P3/c19-1(20,7(31,32)33)13(49,50)64-70(65-14(51,52)2(21,22)8(34,35)36)61-71(66-15(53,54)3(23,24)9(37,38)39,67-16(55,56)4(25,26)10(40,41)42)63-72(62-70,68-17(57,58)5(27,28)11(43,44)45)69-18(59,60)6(29,30)12(46,47)48. The molecule has 0 fully saturated rings. The van der Waals surface area contributed by atoms with Gasteiger partial charge in [0.1, 0.15) is 0 Å². The SMILES string of the molecule is FC(F)(F)C(F)(F)C(F)(F)OP1(OC(F)(F)C(F)(F)C(F)(F)F)=NP(OC(F)(F)C(F)(F)C(F)(F)F)(OC(F)(F)C(F)(F)C(F)(F)F)=NP(OC(F)(F)C(F)(F)C(F)(F)F)(OC(F)(F)C(F)(F)C(F)(F)F)=N1. The zero-order chi connectivity index (χ0) is 58.9. The highest BCUT2D eigenvalue weighted by Crippen LogP contribution is 2.86. The van der Waals surface area contributed by atoms with Gasteiger partial charge in [0.15, 0.2) is 0 Å². The number of rotatable bonds is 18. The highest BCUT2D eigenvalue weighted by molar-refractivity contribution is 7.78. The molecule has 0 aromatic heterocycles. The molecule has 0 aliphatic carbocycles. The molecule has 72 heavy (non-hydrogen) atoms. The Labute approximate surface area is 358 Å². The Hall–Kier alpha value is -2.49. The van der Waals surface area contributed by atoms with Gasteiger partial charge in [0, 0.05) is 0 Å². The first-order chi connectivity index (χ1) is 30.4. The van der Waals surface area contributed by atoms with E-state index >= 15 is 0 Å². The lowest BCUT2D eigenvalue weighted by Gasteiger charge is -2.41. The zero-order valence-electron chi connectivity index (χ0n) is 30.0. The van der Waals surface area contributed by atoms with E-state index in [-0.39, 0.29) is 13.5 Å². The predicted octanol–water partition coefficient (Wildman–Crippen LogP) is 16.7. The molecule has 9 nitrogen and oxygen atoms in total. The van der Waals surface area contributed by atoms with Gasteiger partial charge < -0.3 is 0 Å². The van der Waals surface area contributed by atoms with Gasteiger partial charge in [-0.1, -0.05) is 0 Å². The quantitative estimate of drug-likeness (QED) is 0.100. The smallest absolute Gasteiger partial charge is 0.235 e. The molecule has 0 radical (unpaired) electrons. The van der Waals surface area contributed by atoms with Crippen LogP contribution in [-0.2, 0) is 27.1 Å². The molecule has 0 bridgehead atoms. The summed E-state index contributed by atoms with van der Waals surface area (Å²) in [6.07, 6.45) is -108. The van der Waals surface area contributed by atoms with Crippen molar-refractivity contribution >= 4 is 23.0 Å². The fourth-order valence-electron chi connectivity index (χ4n) is 2.99. The summed E-state index contributed by atoms with van der Waals surface area (Å²) in [7, 11) is -33.2. The second-order valence-corrected chi connectivity index (χ2v) is 18.0. The maximum Gasteiger partial charge on any atom is 0.462 e. The van der Waals surface area contributed by atoms with Crippen molar-refractivity contribution in [3.63, 3.8) is 0 Å². The third-order valence-electron chi connectivity index (χ3n) is 6.41. The van der Waals surface area contributed by atoms with Gasteiger partial charge in [0.05, 0.1) is 0 Å². The average Bonchev–Trinajstić information content (AvgIpc) is 3.02. The summed E-state index contributed by atoms with van der Waals surface area (Å²) in [4.78, 5) is 0. The summed E-state index contributed by atoms with van der Waals surface area (Å²) in [6, 6.07) is 0. The fourth-order valence-corrected chi connectivity index (χ4v) is 12.2. The van der Waals surface area contributed by atoms with Gasteiger partial charge in [-0.2, -0.15) is 184 Å². The summed E-state index contributed by atoms with van der Waals surface area (Å²) in [5, 5.41) is 0. The monoisotopic (exact) mass is 1240 g/mol. The van der Waals surface area contributed by atoms with E-state index < -0.39 is 132 Å². The molecule has 0 N–H and O–H groups in total. The molecule has 0 atom stereocenters. The zero-order valence-corrected chi connectivity index (χ0v) is 32.7. The Morgan fingerprint density at radius 3 is 0.319 bits per heavy atom. The van der Waals surface area contributed by atoms with Crippen LogP contribution >= 0.6 is 23.0 Å². The van der Waals surface area contributed by atoms with Crippen LogP contribution in [0.15, 0.2) is 13.5 Å². The molecule has 0 aromatic rings. The van der Waals surface area contributed by atoms with Crippen molar-refractivity contribution in [2.24, 2.45) is 13.5 Å². The van der Waals surface area contributed by atoms with Crippen LogP contribution in [0.25, 0.3) is 0 Å². The molecule has 0 saturated carbocycles. The molecule has 0 spiro atoms. The van der Waals surface area contributed by atoms with Crippen molar-refractivity contribution in [3.05, 3.63) is 0 Å². The Balaban J connectivity index is 5.83. The summed E-state index contributed by atoms with van der Waals surface area (Å²) >= 11 is 0. The van der Waals surface area contributed by atoms with Crippen LogP contribution in [-0.4, -0.2) is 109 Å². The lowest BCUT2D eigenvalue weighted by Crippen LogP contribution is -2.55. The molecular formula is C18F42N3O6P3. The van der Waals surface area contributed by atoms with E-state index in [2.05, 4.69) is 0 Å². The Kier molecular flexibility index (Phi) is 16.7. The van der Waals surface area contributed by atoms with Crippen molar-refractivity contribution in [2.75, 3.05) is 0 Å². The minimum absolute atomic E-state index is 0.0808. The number of halogens is 42. The van der Waals surface area contributed by atoms with Gasteiger partial charge >= 0.3 is 132 Å². The van der Waals surface area contributed by atoms with E-state index in [1.54, 1.807) is 0 Å². The minimum atomic E-state index is -11.1. The second-order valence-electron chi connectivity index (χ2n) is 11.8. The maximum atomic E-state index is 14.7. The van der Waals surface area contributed by atoms with E-state index in [1.165, 1.54) is 27.1 Å². The van der Waals surface area contributed by atoms with Gasteiger partial charge in [-0.25, -0.2) is 27.1 Å². The number of alkyl halides is 42. The summed E-state index contributed by atoms with van der Waals surface area (Å²) in [5.74, 6) is -54.8. The molecule has 0 unspecified atom stereocenters. The van der Waals surface area contributed by atoms with Crippen LogP contribution < -0.4 is 0 Å². The first-order valence-corrected chi connectivity index (χ1v) is 19.0. The van der Waals surface area contributed by atoms with E-state index in [9.17, 15) is 184 Å². The van der Waals surface area contributed by atoms with Crippen molar-refractivity contribution in [3.8, 4) is 0 Å². The number of hydrogen-bond donors (Lipinski definition) is 0. The summed E-state index contributed by atoms with van der Waals surface area (Å²) in [6.45, 7) is 0. The van der Waals surface area contributed by atoms with Gasteiger partial charge in [0.25, 0.3) is 0 Å². The first kappa shape index (κ1) is 67.5. The highest BCUT2D eigenvalue weighted by Gasteiger charge is 2.85. The van der Waals surface area contributed by atoms with E-state index in [0.29, 0.717) is 0 Å². The average molecular weight is 1250 g/mol. The minimum Gasteiger partial charge on any atom is -0.235 e. The topological polar surface area (TPSA) is 92.5 Å². The molecule has 1 aliphatic rings. The van der Waals surface area contributed by atoms with Crippen LogP contribution in [0.2, 0.25) is 0 Å². The molecule has 432 valence electrons. The van der Waals surface area contributed by atoms with Gasteiger partial charge in [0.2, 0.25) is 0 Å². The van der Waals surface area contributed by atoms with E-state index in [4.69, 9.17) is 0 Å². The maximum absolute atomic E-state index is 14.7. The first-order valence-electron chi connectivity index (χ1n) is 14.5. The van der Waals surface area contributed by atoms with Gasteiger partial charge in [-0.05, 0) is 0 Å². The van der Waals surface area contributed by atoms with Crippen molar-refractivity contribution in [2.45, 2.75) is 109 Å².